The van der Waals surface area contributed by atoms with E-state index < -0.39 is 17.6 Å². The molecule has 0 saturated carbocycles. The van der Waals surface area contributed by atoms with Crippen LogP contribution in [0.2, 0.25) is 0 Å². The zero-order chi connectivity index (χ0) is 17.6. The number of para-hydroxylation sites is 2. The molecule has 0 bridgehead atoms. The third kappa shape index (κ3) is 4.50. The van der Waals surface area contributed by atoms with Gasteiger partial charge in [0.05, 0.1) is 18.9 Å². The second kappa shape index (κ2) is 7.85. The Morgan fingerprint density at radius 3 is 2.54 bits per heavy atom. The summed E-state index contributed by atoms with van der Waals surface area (Å²) in [5.41, 5.74) is -0.446. The first-order valence-electron chi connectivity index (χ1n) is 7.51. The van der Waals surface area contributed by atoms with Crippen molar-refractivity contribution in [3.05, 3.63) is 36.0 Å². The van der Waals surface area contributed by atoms with E-state index in [1.54, 1.807) is 31.2 Å². The van der Waals surface area contributed by atoms with Crippen LogP contribution >= 0.6 is 0 Å². The summed E-state index contributed by atoms with van der Waals surface area (Å²) < 4.78 is 49.4. The summed E-state index contributed by atoms with van der Waals surface area (Å²) >= 11 is 0. The maximum Gasteiger partial charge on any atom is 0.423 e. The lowest BCUT2D eigenvalue weighted by Crippen LogP contribution is -2.12. The summed E-state index contributed by atoms with van der Waals surface area (Å²) in [6.07, 6.45) is -3.04. The molecule has 2 aromatic rings. The molecule has 1 N–H and O–H groups in total. The Morgan fingerprint density at radius 1 is 1.12 bits per heavy atom. The van der Waals surface area contributed by atoms with E-state index in [0.29, 0.717) is 24.2 Å². The number of halogens is 3. The summed E-state index contributed by atoms with van der Waals surface area (Å²) in [5, 5.41) is 2.86. The Bertz CT molecular complexity index is 678. The lowest BCUT2D eigenvalue weighted by atomic mass is 10.3. The highest BCUT2D eigenvalue weighted by Crippen LogP contribution is 2.35. The Kier molecular flexibility index (Phi) is 5.83. The van der Waals surface area contributed by atoms with Gasteiger partial charge < -0.3 is 14.8 Å². The number of hydrogen-bond donors (Lipinski definition) is 1. The molecule has 0 aliphatic carbocycles. The van der Waals surface area contributed by atoms with Crippen molar-refractivity contribution in [2.75, 3.05) is 18.5 Å². The smallest absolute Gasteiger partial charge is 0.423 e. The van der Waals surface area contributed by atoms with Gasteiger partial charge in [-0.15, -0.1) is 0 Å². The van der Waals surface area contributed by atoms with E-state index in [9.17, 15) is 13.2 Å². The molecule has 0 fully saturated rings. The van der Waals surface area contributed by atoms with Gasteiger partial charge in [-0.2, -0.15) is 18.2 Å². The van der Waals surface area contributed by atoms with E-state index in [1.165, 1.54) is 0 Å². The van der Waals surface area contributed by atoms with Crippen molar-refractivity contribution in [3.8, 4) is 11.6 Å². The number of alkyl halides is 3. The van der Waals surface area contributed by atoms with Crippen molar-refractivity contribution in [3.63, 3.8) is 0 Å². The van der Waals surface area contributed by atoms with Crippen LogP contribution in [0.15, 0.2) is 30.5 Å². The zero-order valence-electron chi connectivity index (χ0n) is 13.4. The second-order valence-electron chi connectivity index (χ2n) is 4.81. The predicted molar refractivity (Wildman–Crippen MR) is 83.7 cm³/mol. The van der Waals surface area contributed by atoms with Crippen LogP contribution in [0.3, 0.4) is 0 Å². The van der Waals surface area contributed by atoms with E-state index in [2.05, 4.69) is 15.3 Å². The number of nitrogens with one attached hydrogen (secondary N) is 1. The fraction of sp³-hybridized carbons (Fsp3) is 0.375. The Morgan fingerprint density at radius 2 is 1.88 bits per heavy atom. The molecule has 0 amide bonds. The molecule has 1 aromatic carbocycles. The molecule has 2 rings (SSSR count). The Balaban J connectivity index is 2.29. The van der Waals surface area contributed by atoms with E-state index >= 15 is 0 Å². The van der Waals surface area contributed by atoms with E-state index in [-0.39, 0.29) is 12.6 Å². The topological polar surface area (TPSA) is 56.3 Å². The van der Waals surface area contributed by atoms with Gasteiger partial charge in [0.1, 0.15) is 11.3 Å². The van der Waals surface area contributed by atoms with Gasteiger partial charge in [-0.05, 0) is 25.5 Å². The average molecular weight is 341 g/mol. The molecule has 1 heterocycles. The van der Waals surface area contributed by atoms with Gasteiger partial charge in [0, 0.05) is 6.20 Å². The van der Waals surface area contributed by atoms with Gasteiger partial charge in [-0.3, -0.25) is 0 Å². The minimum atomic E-state index is -4.58. The number of hydrogen-bond acceptors (Lipinski definition) is 5. The van der Waals surface area contributed by atoms with Gasteiger partial charge in [0.15, 0.2) is 0 Å². The average Bonchev–Trinajstić information content (AvgIpc) is 2.53. The highest BCUT2D eigenvalue weighted by atomic mass is 19.4. The van der Waals surface area contributed by atoms with E-state index in [4.69, 9.17) is 9.47 Å². The summed E-state index contributed by atoms with van der Waals surface area (Å²) in [7, 11) is 0. The Hall–Kier alpha value is -2.51. The number of ether oxygens (including phenoxy) is 2. The normalized spacial score (nSPS) is 11.2. The first-order chi connectivity index (χ1) is 11.5. The Labute approximate surface area is 137 Å². The van der Waals surface area contributed by atoms with Crippen LogP contribution in [-0.4, -0.2) is 23.2 Å². The SMILES string of the molecule is CCCOc1ccccc1Nc1ncc(C(F)(F)F)c(OCC)n1. The number of benzene rings is 1. The van der Waals surface area contributed by atoms with Crippen molar-refractivity contribution < 1.29 is 22.6 Å². The molecule has 0 saturated heterocycles. The third-order valence-electron chi connectivity index (χ3n) is 2.94. The van der Waals surface area contributed by atoms with Gasteiger partial charge in [0.2, 0.25) is 11.8 Å². The second-order valence-corrected chi connectivity index (χ2v) is 4.81. The number of anilines is 2. The molecule has 0 unspecified atom stereocenters. The minimum Gasteiger partial charge on any atom is -0.491 e. The lowest BCUT2D eigenvalue weighted by Gasteiger charge is -2.14. The maximum atomic E-state index is 12.9. The molecule has 0 aliphatic rings. The standard InChI is InChI=1S/C16H18F3N3O2/c1-3-9-24-13-8-6-5-7-12(13)21-15-20-10-11(16(17,18)19)14(22-15)23-4-2/h5-8,10H,3-4,9H2,1-2H3,(H,20,21,22). The van der Waals surface area contributed by atoms with Crippen LogP contribution in [0.5, 0.6) is 11.6 Å². The molecule has 1 aromatic heterocycles. The summed E-state index contributed by atoms with van der Waals surface area (Å²) in [5.74, 6) is 0.0641. The van der Waals surface area contributed by atoms with Crippen molar-refractivity contribution in [1.29, 1.82) is 0 Å². The number of aromatic nitrogens is 2. The largest absolute Gasteiger partial charge is 0.491 e. The molecular formula is C16H18F3N3O2. The summed E-state index contributed by atoms with van der Waals surface area (Å²) in [6, 6.07) is 7.06. The highest BCUT2D eigenvalue weighted by molar-refractivity contribution is 5.62. The number of nitrogens with zero attached hydrogens (tertiary/aromatic N) is 2. The summed E-state index contributed by atoms with van der Waals surface area (Å²) in [4.78, 5) is 7.55. The van der Waals surface area contributed by atoms with Crippen molar-refractivity contribution in [2.24, 2.45) is 0 Å². The van der Waals surface area contributed by atoms with Gasteiger partial charge in [-0.25, -0.2) is 4.98 Å². The first-order valence-corrected chi connectivity index (χ1v) is 7.51. The monoisotopic (exact) mass is 341 g/mol. The van der Waals surface area contributed by atoms with Crippen LogP contribution in [-0.2, 0) is 6.18 Å². The van der Waals surface area contributed by atoms with Crippen LogP contribution < -0.4 is 14.8 Å². The summed E-state index contributed by atoms with van der Waals surface area (Å²) in [6.45, 7) is 4.15. The highest BCUT2D eigenvalue weighted by Gasteiger charge is 2.36. The molecular weight excluding hydrogens is 323 g/mol. The van der Waals surface area contributed by atoms with Gasteiger partial charge in [0.25, 0.3) is 0 Å². The van der Waals surface area contributed by atoms with Crippen molar-refractivity contribution in [1.82, 2.24) is 9.97 Å². The van der Waals surface area contributed by atoms with E-state index in [0.717, 1.165) is 6.42 Å². The van der Waals surface area contributed by atoms with Crippen LogP contribution in [0.1, 0.15) is 25.8 Å². The zero-order valence-corrected chi connectivity index (χ0v) is 13.4. The molecule has 5 nitrogen and oxygen atoms in total. The van der Waals surface area contributed by atoms with Crippen LogP contribution in [0.4, 0.5) is 24.8 Å². The van der Waals surface area contributed by atoms with E-state index in [1.807, 2.05) is 6.92 Å². The lowest BCUT2D eigenvalue weighted by molar-refractivity contribution is -0.139. The number of rotatable bonds is 7. The molecule has 0 atom stereocenters. The van der Waals surface area contributed by atoms with Crippen molar-refractivity contribution in [2.45, 2.75) is 26.4 Å². The van der Waals surface area contributed by atoms with Crippen LogP contribution in [0, 0.1) is 0 Å². The molecule has 24 heavy (non-hydrogen) atoms. The first kappa shape index (κ1) is 17.8. The predicted octanol–water partition coefficient (Wildman–Crippen LogP) is 4.43. The quantitative estimate of drug-likeness (QED) is 0.807. The van der Waals surface area contributed by atoms with Gasteiger partial charge in [-0.1, -0.05) is 19.1 Å². The fourth-order valence-corrected chi connectivity index (χ4v) is 1.90. The molecule has 0 spiro atoms. The van der Waals surface area contributed by atoms with Crippen LogP contribution in [0.25, 0.3) is 0 Å². The van der Waals surface area contributed by atoms with Crippen molar-refractivity contribution >= 4 is 11.6 Å². The van der Waals surface area contributed by atoms with Gasteiger partial charge >= 0.3 is 6.18 Å². The molecule has 130 valence electrons. The maximum absolute atomic E-state index is 12.9. The fourth-order valence-electron chi connectivity index (χ4n) is 1.90. The third-order valence-corrected chi connectivity index (χ3v) is 2.94. The molecule has 0 radical (unpaired) electrons. The molecule has 0 aliphatic heterocycles. The minimum absolute atomic E-state index is 0.000927. The molecule has 8 heteroatoms.